The molecule has 17 heavy (non-hydrogen) atoms. The SMILES string of the molecule is CC(NCC(C)(C)c1cccs1)C(=O)N(C)C. The van der Waals surface area contributed by atoms with Gasteiger partial charge in [0.05, 0.1) is 6.04 Å². The van der Waals surface area contributed by atoms with Gasteiger partial charge in [0.2, 0.25) is 5.91 Å². The Balaban J connectivity index is 2.53. The highest BCUT2D eigenvalue weighted by Crippen LogP contribution is 2.26. The second-order valence-corrected chi connectivity index (χ2v) is 6.14. The highest BCUT2D eigenvalue weighted by atomic mass is 32.1. The van der Waals surface area contributed by atoms with Crippen LogP contribution in [0, 0.1) is 0 Å². The smallest absolute Gasteiger partial charge is 0.238 e. The number of hydrogen-bond donors (Lipinski definition) is 1. The van der Waals surface area contributed by atoms with Crippen LogP contribution in [0.25, 0.3) is 0 Å². The van der Waals surface area contributed by atoms with E-state index < -0.39 is 0 Å². The maximum absolute atomic E-state index is 11.7. The third-order valence-electron chi connectivity index (χ3n) is 2.85. The molecule has 1 unspecified atom stereocenters. The summed E-state index contributed by atoms with van der Waals surface area (Å²) in [5.74, 6) is 0.118. The Morgan fingerprint density at radius 2 is 2.18 bits per heavy atom. The third-order valence-corrected chi connectivity index (χ3v) is 4.09. The predicted molar refractivity (Wildman–Crippen MR) is 73.5 cm³/mol. The Labute approximate surface area is 108 Å². The molecule has 1 heterocycles. The van der Waals surface area contributed by atoms with E-state index in [0.717, 1.165) is 6.54 Å². The van der Waals surface area contributed by atoms with E-state index in [0.29, 0.717) is 0 Å². The topological polar surface area (TPSA) is 32.3 Å². The molecule has 1 rings (SSSR count). The number of thiophene rings is 1. The molecule has 0 aliphatic carbocycles. The summed E-state index contributed by atoms with van der Waals surface area (Å²) < 4.78 is 0. The highest BCUT2D eigenvalue weighted by Gasteiger charge is 2.24. The van der Waals surface area contributed by atoms with E-state index in [1.54, 1.807) is 30.3 Å². The number of likely N-dealkylation sites (N-methyl/N-ethyl adjacent to an activating group) is 1. The van der Waals surface area contributed by atoms with Crippen LogP contribution in [0.3, 0.4) is 0 Å². The van der Waals surface area contributed by atoms with Crippen molar-refractivity contribution in [1.29, 1.82) is 0 Å². The summed E-state index contributed by atoms with van der Waals surface area (Å²) in [6.45, 7) is 7.10. The largest absolute Gasteiger partial charge is 0.347 e. The minimum absolute atomic E-state index is 0.0645. The summed E-state index contributed by atoms with van der Waals surface area (Å²) >= 11 is 1.76. The molecule has 0 saturated heterocycles. The van der Waals surface area contributed by atoms with Crippen molar-refractivity contribution in [2.45, 2.75) is 32.2 Å². The molecule has 96 valence electrons. The summed E-state index contributed by atoms with van der Waals surface area (Å²) in [7, 11) is 3.57. The van der Waals surface area contributed by atoms with Crippen molar-refractivity contribution in [3.63, 3.8) is 0 Å². The number of rotatable bonds is 5. The zero-order chi connectivity index (χ0) is 13.1. The molecule has 0 aromatic carbocycles. The Kier molecular flexibility index (Phi) is 4.71. The number of carbonyl (C=O) groups excluding carboxylic acids is 1. The van der Waals surface area contributed by atoms with Gasteiger partial charge in [0.1, 0.15) is 0 Å². The van der Waals surface area contributed by atoms with Crippen LogP contribution < -0.4 is 5.32 Å². The summed E-state index contributed by atoms with van der Waals surface area (Å²) in [4.78, 5) is 14.7. The lowest BCUT2D eigenvalue weighted by Gasteiger charge is -2.26. The number of carbonyl (C=O) groups is 1. The molecule has 4 heteroatoms. The first kappa shape index (κ1) is 14.2. The van der Waals surface area contributed by atoms with E-state index in [1.165, 1.54) is 4.88 Å². The van der Waals surface area contributed by atoms with E-state index >= 15 is 0 Å². The van der Waals surface area contributed by atoms with Crippen molar-refractivity contribution in [3.05, 3.63) is 22.4 Å². The molecule has 0 aliphatic heterocycles. The van der Waals surface area contributed by atoms with Gasteiger partial charge in [-0.15, -0.1) is 11.3 Å². The number of amides is 1. The van der Waals surface area contributed by atoms with Gasteiger partial charge in [0, 0.05) is 30.9 Å². The predicted octanol–water partition coefficient (Wildman–Crippen LogP) is 2.09. The first-order valence-electron chi connectivity index (χ1n) is 5.83. The lowest BCUT2D eigenvalue weighted by Crippen LogP contribution is -2.45. The van der Waals surface area contributed by atoms with Crippen molar-refractivity contribution >= 4 is 17.2 Å². The molecule has 0 bridgehead atoms. The number of hydrogen-bond acceptors (Lipinski definition) is 3. The average Bonchev–Trinajstić information content (AvgIpc) is 2.78. The number of nitrogens with one attached hydrogen (secondary N) is 1. The van der Waals surface area contributed by atoms with Crippen LogP contribution in [0.5, 0.6) is 0 Å². The molecular formula is C13H22N2OS. The Hall–Kier alpha value is -0.870. The Morgan fingerprint density at radius 1 is 1.53 bits per heavy atom. The van der Waals surface area contributed by atoms with Crippen LogP contribution in [0.15, 0.2) is 17.5 Å². The quantitative estimate of drug-likeness (QED) is 0.872. The van der Waals surface area contributed by atoms with Crippen LogP contribution >= 0.6 is 11.3 Å². The van der Waals surface area contributed by atoms with Gasteiger partial charge in [-0.05, 0) is 18.4 Å². The fourth-order valence-electron chi connectivity index (χ4n) is 1.63. The number of nitrogens with zero attached hydrogens (tertiary/aromatic N) is 1. The van der Waals surface area contributed by atoms with Crippen LogP contribution in [-0.2, 0) is 10.2 Å². The second-order valence-electron chi connectivity index (χ2n) is 5.20. The zero-order valence-corrected chi connectivity index (χ0v) is 12.1. The maximum atomic E-state index is 11.7. The van der Waals surface area contributed by atoms with Gasteiger partial charge in [-0.2, -0.15) is 0 Å². The van der Waals surface area contributed by atoms with E-state index in [-0.39, 0.29) is 17.4 Å². The molecule has 0 saturated carbocycles. The molecule has 0 spiro atoms. The lowest BCUT2D eigenvalue weighted by atomic mass is 9.91. The van der Waals surface area contributed by atoms with Crippen LogP contribution in [0.4, 0.5) is 0 Å². The summed E-state index contributed by atoms with van der Waals surface area (Å²) in [5, 5.41) is 5.40. The molecule has 1 amide bonds. The van der Waals surface area contributed by atoms with Gasteiger partial charge in [-0.1, -0.05) is 19.9 Å². The minimum atomic E-state index is -0.135. The van der Waals surface area contributed by atoms with Crippen LogP contribution in [0.2, 0.25) is 0 Å². The van der Waals surface area contributed by atoms with Crippen molar-refractivity contribution in [1.82, 2.24) is 10.2 Å². The van der Waals surface area contributed by atoms with E-state index in [9.17, 15) is 4.79 Å². The maximum Gasteiger partial charge on any atom is 0.238 e. The fourth-order valence-corrected chi connectivity index (χ4v) is 2.49. The summed E-state index contributed by atoms with van der Waals surface area (Å²) in [5.41, 5.74) is 0.0645. The van der Waals surface area contributed by atoms with Gasteiger partial charge >= 0.3 is 0 Å². The minimum Gasteiger partial charge on any atom is -0.347 e. The first-order valence-corrected chi connectivity index (χ1v) is 6.71. The molecular weight excluding hydrogens is 232 g/mol. The van der Waals surface area contributed by atoms with Gasteiger partial charge in [0.25, 0.3) is 0 Å². The highest BCUT2D eigenvalue weighted by molar-refractivity contribution is 7.10. The van der Waals surface area contributed by atoms with E-state index in [2.05, 4.69) is 36.7 Å². The molecule has 1 N–H and O–H groups in total. The molecule has 0 aliphatic rings. The average molecular weight is 254 g/mol. The van der Waals surface area contributed by atoms with Crippen molar-refractivity contribution < 1.29 is 4.79 Å². The monoisotopic (exact) mass is 254 g/mol. The van der Waals surface area contributed by atoms with Gasteiger partial charge in [-0.25, -0.2) is 0 Å². The van der Waals surface area contributed by atoms with Gasteiger partial charge in [-0.3, -0.25) is 4.79 Å². The molecule has 1 atom stereocenters. The summed E-state index contributed by atoms with van der Waals surface area (Å²) in [6, 6.07) is 4.07. The summed E-state index contributed by atoms with van der Waals surface area (Å²) in [6.07, 6.45) is 0. The molecule has 3 nitrogen and oxygen atoms in total. The lowest BCUT2D eigenvalue weighted by molar-refractivity contribution is -0.130. The molecule has 1 aromatic rings. The second kappa shape index (κ2) is 5.65. The van der Waals surface area contributed by atoms with Gasteiger partial charge in [0.15, 0.2) is 0 Å². The third kappa shape index (κ3) is 3.82. The van der Waals surface area contributed by atoms with Gasteiger partial charge < -0.3 is 10.2 Å². The standard InChI is InChI=1S/C13H22N2OS/c1-10(12(16)15(4)5)14-9-13(2,3)11-7-6-8-17-11/h6-8,10,14H,9H2,1-5H3. The first-order chi connectivity index (χ1) is 7.84. The molecule has 1 aromatic heterocycles. The van der Waals surface area contributed by atoms with E-state index in [4.69, 9.17) is 0 Å². The molecule has 0 radical (unpaired) electrons. The van der Waals surface area contributed by atoms with E-state index in [1.807, 2.05) is 6.92 Å². The Bertz CT molecular complexity index is 358. The van der Waals surface area contributed by atoms with Crippen LogP contribution in [0.1, 0.15) is 25.6 Å². The van der Waals surface area contributed by atoms with Crippen molar-refractivity contribution in [2.75, 3.05) is 20.6 Å². The van der Waals surface area contributed by atoms with Crippen molar-refractivity contribution in [3.8, 4) is 0 Å². The van der Waals surface area contributed by atoms with Crippen LogP contribution in [-0.4, -0.2) is 37.5 Å². The normalized spacial score (nSPS) is 13.5. The zero-order valence-electron chi connectivity index (χ0n) is 11.3. The fraction of sp³-hybridized carbons (Fsp3) is 0.615. The Morgan fingerprint density at radius 3 is 2.65 bits per heavy atom. The van der Waals surface area contributed by atoms with Crippen molar-refractivity contribution in [2.24, 2.45) is 0 Å². The molecule has 0 fully saturated rings.